The molecule has 2 aromatic heterocycles. The topological polar surface area (TPSA) is 35.0 Å². The molecule has 0 unspecified atom stereocenters. The highest BCUT2D eigenvalue weighted by Crippen LogP contribution is 2.34. The van der Waals surface area contributed by atoms with E-state index in [4.69, 9.17) is 16.3 Å². The third-order valence-corrected chi connectivity index (χ3v) is 4.57. The summed E-state index contributed by atoms with van der Waals surface area (Å²) >= 11 is 7.61. The van der Waals surface area contributed by atoms with E-state index >= 15 is 0 Å². The maximum atomic E-state index is 13.2. The minimum atomic E-state index is -0.417. The first kappa shape index (κ1) is 15.1. The van der Waals surface area contributed by atoms with Crippen molar-refractivity contribution < 1.29 is 9.13 Å². The molecule has 4 rings (SSSR count). The zero-order valence-electron chi connectivity index (χ0n) is 12.2. The molecule has 2 heterocycles. The molecule has 24 heavy (non-hydrogen) atoms. The lowest BCUT2D eigenvalue weighted by atomic mass is 10.2. The molecule has 0 atom stereocenters. The summed E-state index contributed by atoms with van der Waals surface area (Å²) in [5.74, 6) is 0.896. The number of nitrogens with zero attached hydrogens (tertiary/aromatic N) is 2. The lowest BCUT2D eigenvalue weighted by Gasteiger charge is -2.10. The van der Waals surface area contributed by atoms with Crippen LogP contribution in [0.15, 0.2) is 60.0 Å². The van der Waals surface area contributed by atoms with Gasteiger partial charge in [0.1, 0.15) is 11.6 Å². The van der Waals surface area contributed by atoms with Crippen molar-refractivity contribution in [2.24, 2.45) is 0 Å². The Morgan fingerprint density at radius 2 is 1.88 bits per heavy atom. The van der Waals surface area contributed by atoms with Crippen LogP contribution in [0.3, 0.4) is 0 Å². The average molecular weight is 357 g/mol. The lowest BCUT2D eigenvalue weighted by molar-refractivity contribution is 0.467. The molecular formula is C18H10ClFN2OS. The van der Waals surface area contributed by atoms with Gasteiger partial charge in [0, 0.05) is 0 Å². The second-order valence-electron chi connectivity index (χ2n) is 5.02. The van der Waals surface area contributed by atoms with E-state index in [-0.39, 0.29) is 5.02 Å². The van der Waals surface area contributed by atoms with Crippen molar-refractivity contribution in [1.82, 2.24) is 9.97 Å². The molecule has 0 bridgehead atoms. The molecule has 0 aliphatic carbocycles. The summed E-state index contributed by atoms with van der Waals surface area (Å²) in [6.07, 6.45) is 0. The Bertz CT molecular complexity index is 1020. The van der Waals surface area contributed by atoms with E-state index in [9.17, 15) is 4.39 Å². The molecule has 0 spiro atoms. The van der Waals surface area contributed by atoms with Crippen LogP contribution in [0.1, 0.15) is 0 Å². The standard InChI is InChI=1S/C18H10ClFN2OS/c19-13-10-11(20)7-8-15(13)23-18-12-4-1-2-5-14(12)21-17(22-18)16-6-3-9-24-16/h1-10H. The molecule has 6 heteroatoms. The van der Waals surface area contributed by atoms with E-state index in [0.717, 1.165) is 15.8 Å². The number of halogens is 2. The van der Waals surface area contributed by atoms with Gasteiger partial charge in [-0.1, -0.05) is 29.8 Å². The van der Waals surface area contributed by atoms with Gasteiger partial charge in [-0.15, -0.1) is 11.3 Å². The van der Waals surface area contributed by atoms with Crippen LogP contribution >= 0.6 is 22.9 Å². The lowest BCUT2D eigenvalue weighted by Crippen LogP contribution is -1.95. The summed E-state index contributed by atoms with van der Waals surface area (Å²) in [4.78, 5) is 10.1. The van der Waals surface area contributed by atoms with Crippen molar-refractivity contribution >= 4 is 33.8 Å². The maximum absolute atomic E-state index is 13.2. The summed E-state index contributed by atoms with van der Waals surface area (Å²) in [6.45, 7) is 0. The first-order valence-corrected chi connectivity index (χ1v) is 8.40. The van der Waals surface area contributed by atoms with Crippen LogP contribution < -0.4 is 4.74 Å². The number of thiophene rings is 1. The van der Waals surface area contributed by atoms with Crippen molar-refractivity contribution in [2.75, 3.05) is 0 Å². The predicted molar refractivity (Wildman–Crippen MR) is 94.3 cm³/mol. The Morgan fingerprint density at radius 1 is 1.00 bits per heavy atom. The Labute approximate surface area is 146 Å². The highest BCUT2D eigenvalue weighted by molar-refractivity contribution is 7.13. The van der Waals surface area contributed by atoms with E-state index < -0.39 is 5.82 Å². The molecule has 0 fully saturated rings. The fourth-order valence-electron chi connectivity index (χ4n) is 2.30. The predicted octanol–water partition coefficient (Wildman–Crippen LogP) is 5.94. The Morgan fingerprint density at radius 3 is 2.67 bits per heavy atom. The minimum absolute atomic E-state index is 0.190. The van der Waals surface area contributed by atoms with Gasteiger partial charge in [0.25, 0.3) is 0 Å². The normalized spacial score (nSPS) is 10.9. The number of rotatable bonds is 3. The van der Waals surface area contributed by atoms with E-state index in [2.05, 4.69) is 9.97 Å². The number of aromatic nitrogens is 2. The smallest absolute Gasteiger partial charge is 0.230 e. The van der Waals surface area contributed by atoms with Gasteiger partial charge in [0.15, 0.2) is 5.82 Å². The molecule has 0 saturated heterocycles. The molecule has 3 nitrogen and oxygen atoms in total. The summed E-state index contributed by atoms with van der Waals surface area (Å²) in [5, 5.41) is 2.92. The fourth-order valence-corrected chi connectivity index (χ4v) is 3.17. The maximum Gasteiger partial charge on any atom is 0.230 e. The largest absolute Gasteiger partial charge is 0.437 e. The number of ether oxygens (including phenoxy) is 1. The quantitative estimate of drug-likeness (QED) is 0.455. The SMILES string of the molecule is Fc1ccc(Oc2nc(-c3cccs3)nc3ccccc23)c(Cl)c1. The zero-order chi connectivity index (χ0) is 16.5. The van der Waals surface area contributed by atoms with Gasteiger partial charge in [-0.25, -0.2) is 9.37 Å². The van der Waals surface area contributed by atoms with Crippen molar-refractivity contribution in [3.63, 3.8) is 0 Å². The van der Waals surface area contributed by atoms with Crippen LogP contribution in [0.4, 0.5) is 4.39 Å². The van der Waals surface area contributed by atoms with Gasteiger partial charge < -0.3 is 4.74 Å². The van der Waals surface area contributed by atoms with Crippen molar-refractivity contribution in [3.8, 4) is 22.3 Å². The Hall–Kier alpha value is -2.50. The van der Waals surface area contributed by atoms with E-state index in [1.54, 1.807) is 11.3 Å². The molecule has 0 aliphatic heterocycles. The van der Waals surface area contributed by atoms with Crippen molar-refractivity contribution in [2.45, 2.75) is 0 Å². The molecule has 0 N–H and O–H groups in total. The monoisotopic (exact) mass is 356 g/mol. The molecule has 0 aliphatic rings. The molecule has 0 amide bonds. The Balaban J connectivity index is 1.86. The molecular weight excluding hydrogens is 347 g/mol. The van der Waals surface area contributed by atoms with Gasteiger partial charge in [0.05, 0.1) is 20.8 Å². The molecule has 4 aromatic rings. The van der Waals surface area contributed by atoms with E-state index in [1.165, 1.54) is 18.2 Å². The summed E-state index contributed by atoms with van der Waals surface area (Å²) in [7, 11) is 0. The Kier molecular flexibility index (Phi) is 3.88. The molecule has 118 valence electrons. The number of fused-ring (bicyclic) bond motifs is 1. The third kappa shape index (κ3) is 2.84. The molecule has 0 saturated carbocycles. The van der Waals surface area contributed by atoms with Crippen LogP contribution in [-0.4, -0.2) is 9.97 Å². The fraction of sp³-hybridized carbons (Fsp3) is 0. The number of para-hydroxylation sites is 1. The van der Waals surface area contributed by atoms with Crippen LogP contribution in [0.2, 0.25) is 5.02 Å². The van der Waals surface area contributed by atoms with Crippen LogP contribution in [0.5, 0.6) is 11.6 Å². The second kappa shape index (κ2) is 6.19. The van der Waals surface area contributed by atoms with E-state index in [1.807, 2.05) is 41.8 Å². The van der Waals surface area contributed by atoms with Gasteiger partial charge in [-0.2, -0.15) is 4.98 Å². The van der Waals surface area contributed by atoms with Gasteiger partial charge in [0.2, 0.25) is 5.88 Å². The van der Waals surface area contributed by atoms with Crippen molar-refractivity contribution in [1.29, 1.82) is 0 Å². The first-order valence-electron chi connectivity index (χ1n) is 7.14. The second-order valence-corrected chi connectivity index (χ2v) is 6.38. The van der Waals surface area contributed by atoms with Crippen LogP contribution in [0.25, 0.3) is 21.6 Å². The summed E-state index contributed by atoms with van der Waals surface area (Å²) < 4.78 is 19.1. The van der Waals surface area contributed by atoms with Gasteiger partial charge >= 0.3 is 0 Å². The highest BCUT2D eigenvalue weighted by atomic mass is 35.5. The van der Waals surface area contributed by atoms with Crippen molar-refractivity contribution in [3.05, 3.63) is 70.8 Å². The third-order valence-electron chi connectivity index (χ3n) is 3.41. The van der Waals surface area contributed by atoms with Crippen LogP contribution in [-0.2, 0) is 0 Å². The zero-order valence-corrected chi connectivity index (χ0v) is 13.8. The van der Waals surface area contributed by atoms with E-state index in [0.29, 0.717) is 17.5 Å². The molecule has 2 aromatic carbocycles. The van der Waals surface area contributed by atoms with Crippen LogP contribution in [0, 0.1) is 5.82 Å². The average Bonchev–Trinajstić information content (AvgIpc) is 3.12. The number of hydrogen-bond donors (Lipinski definition) is 0. The summed E-state index contributed by atoms with van der Waals surface area (Å²) in [6, 6.07) is 15.4. The summed E-state index contributed by atoms with van der Waals surface area (Å²) in [5.41, 5.74) is 0.768. The molecule has 0 radical (unpaired) electrons. The number of benzene rings is 2. The van der Waals surface area contributed by atoms with Gasteiger partial charge in [-0.3, -0.25) is 0 Å². The highest BCUT2D eigenvalue weighted by Gasteiger charge is 2.13. The minimum Gasteiger partial charge on any atom is -0.437 e. The van der Waals surface area contributed by atoms with Gasteiger partial charge in [-0.05, 0) is 41.8 Å². The number of hydrogen-bond acceptors (Lipinski definition) is 4. The first-order chi connectivity index (χ1) is 11.7.